The van der Waals surface area contributed by atoms with Crippen LogP contribution in [0.5, 0.6) is 11.5 Å². The number of carbonyl (C=O) groups is 2. The number of nitrogens with two attached hydrogens (primary N) is 2. The van der Waals surface area contributed by atoms with Crippen LogP contribution in [0.25, 0.3) is 0 Å². The monoisotopic (exact) mass is 542 g/mol. The molecule has 0 saturated heterocycles. The number of hydrogen-bond donors (Lipinski definition) is 4. The molecule has 4 heterocycles. The maximum absolute atomic E-state index is 11.7. The number of rotatable bonds is 0. The first-order chi connectivity index (χ1) is 16.7. The summed E-state index contributed by atoms with van der Waals surface area (Å²) in [7, 11) is 0. The minimum Gasteiger partial charge on any atom is -0.483 e. The number of nitrogens with zero attached hydrogens (tertiary/aromatic N) is 4. The molecule has 0 aliphatic carbocycles. The van der Waals surface area contributed by atoms with Gasteiger partial charge in [-0.2, -0.15) is 10.2 Å². The highest BCUT2D eigenvalue weighted by Gasteiger charge is 2.36. The van der Waals surface area contributed by atoms with E-state index in [1.165, 1.54) is 0 Å². The molecule has 0 radical (unpaired) electrons. The lowest BCUT2D eigenvalue weighted by molar-refractivity contribution is -0.123. The number of amidine groups is 2. The van der Waals surface area contributed by atoms with E-state index in [2.05, 4.69) is 37.0 Å². The van der Waals surface area contributed by atoms with Crippen LogP contribution in [0.1, 0.15) is 13.8 Å². The molecule has 182 valence electrons. The van der Waals surface area contributed by atoms with Crippen LogP contribution in [-0.4, -0.2) is 48.8 Å². The highest BCUT2D eigenvalue weighted by Crippen LogP contribution is 2.40. The number of benzene rings is 2. The summed E-state index contributed by atoms with van der Waals surface area (Å²) in [6.07, 6.45) is 0. The van der Waals surface area contributed by atoms with Crippen molar-refractivity contribution in [1.29, 1.82) is 0 Å². The topological polar surface area (TPSA) is 160 Å². The molecule has 0 saturated carbocycles. The van der Waals surface area contributed by atoms with Gasteiger partial charge in [0.1, 0.15) is 36.8 Å². The first kappa shape index (κ1) is 22.8. The lowest BCUT2D eigenvalue weighted by atomic mass is 10.1. The van der Waals surface area contributed by atoms with Gasteiger partial charge in [0, 0.05) is 15.8 Å². The average molecular weight is 543 g/mol. The van der Waals surface area contributed by atoms with Gasteiger partial charge in [-0.05, 0) is 60.1 Å². The van der Waals surface area contributed by atoms with E-state index in [-0.39, 0.29) is 23.9 Å². The Hall–Kier alpha value is -4.00. The van der Waals surface area contributed by atoms with Crippen LogP contribution in [0, 0.1) is 0 Å². The molecule has 0 bridgehead atoms. The molecule has 12 nitrogen and oxygen atoms in total. The Morgan fingerprint density at radius 1 is 0.886 bits per heavy atom. The number of nitrogen functional groups attached to an aromatic ring is 2. The van der Waals surface area contributed by atoms with E-state index in [0.29, 0.717) is 42.0 Å². The van der Waals surface area contributed by atoms with Crippen LogP contribution in [0.3, 0.4) is 0 Å². The van der Waals surface area contributed by atoms with Gasteiger partial charge in [-0.1, -0.05) is 0 Å². The summed E-state index contributed by atoms with van der Waals surface area (Å²) in [5.74, 6) is 2.50. The quantitative estimate of drug-likeness (QED) is 0.363. The molecule has 0 fully saturated rings. The molecule has 35 heavy (non-hydrogen) atoms. The SMILES string of the molecule is CC1C(=O)NN=C2COc3cc(Br)c(N)cc3N21.CC1C(=O)NN=C2COc3ccc(N)cc3N21. The van der Waals surface area contributed by atoms with Crippen molar-refractivity contribution in [2.45, 2.75) is 25.9 Å². The smallest absolute Gasteiger partial charge is 0.262 e. The molecular weight excluding hydrogens is 520 g/mol. The normalized spacial score (nSPS) is 21.7. The molecule has 2 aromatic carbocycles. The van der Waals surface area contributed by atoms with Crippen LogP contribution < -0.4 is 41.6 Å². The Balaban J connectivity index is 0.000000145. The number of carbonyl (C=O) groups excluding carboxylic acids is 2. The van der Waals surface area contributed by atoms with Crippen LogP contribution in [0.4, 0.5) is 22.7 Å². The van der Waals surface area contributed by atoms with E-state index < -0.39 is 0 Å². The minimum absolute atomic E-state index is 0.135. The maximum Gasteiger partial charge on any atom is 0.262 e. The van der Waals surface area contributed by atoms with Gasteiger partial charge < -0.3 is 30.7 Å². The molecule has 6 N–H and O–H groups in total. The number of hydrogen-bond acceptors (Lipinski definition) is 10. The van der Waals surface area contributed by atoms with Crippen LogP contribution >= 0.6 is 15.9 Å². The molecule has 4 aliphatic rings. The number of ether oxygens (including phenoxy) is 2. The second-order valence-corrected chi connectivity index (χ2v) is 9.10. The molecule has 0 aromatic heterocycles. The maximum atomic E-state index is 11.7. The Bertz CT molecular complexity index is 1300. The molecule has 4 aliphatic heterocycles. The first-order valence-electron chi connectivity index (χ1n) is 10.8. The van der Waals surface area contributed by atoms with Gasteiger partial charge in [-0.25, -0.2) is 10.9 Å². The fourth-order valence-electron chi connectivity index (χ4n) is 4.11. The van der Waals surface area contributed by atoms with E-state index in [9.17, 15) is 9.59 Å². The van der Waals surface area contributed by atoms with Crippen LogP contribution in [0.2, 0.25) is 0 Å². The summed E-state index contributed by atoms with van der Waals surface area (Å²) in [6.45, 7) is 4.31. The largest absolute Gasteiger partial charge is 0.483 e. The Kier molecular flexibility index (Phi) is 5.63. The molecule has 2 aromatic rings. The molecule has 2 unspecified atom stereocenters. The summed E-state index contributed by atoms with van der Waals surface area (Å²) in [6, 6.07) is 8.31. The predicted molar refractivity (Wildman–Crippen MR) is 135 cm³/mol. The Morgan fingerprint density at radius 2 is 1.43 bits per heavy atom. The van der Waals surface area contributed by atoms with Gasteiger partial charge >= 0.3 is 0 Å². The Morgan fingerprint density at radius 3 is 2.03 bits per heavy atom. The Labute approximate surface area is 209 Å². The van der Waals surface area contributed by atoms with E-state index in [1.807, 2.05) is 23.6 Å². The van der Waals surface area contributed by atoms with Crippen LogP contribution in [0.15, 0.2) is 45.0 Å². The van der Waals surface area contributed by atoms with Crippen molar-refractivity contribution < 1.29 is 19.1 Å². The van der Waals surface area contributed by atoms with Crippen molar-refractivity contribution in [3.63, 3.8) is 0 Å². The average Bonchev–Trinajstić information content (AvgIpc) is 2.84. The fraction of sp³-hybridized carbons (Fsp3) is 0.273. The molecular formula is C22H23BrN8O4. The fourth-order valence-corrected chi connectivity index (χ4v) is 4.43. The molecule has 2 atom stereocenters. The van der Waals surface area contributed by atoms with Gasteiger partial charge in [0.05, 0.1) is 11.4 Å². The highest BCUT2D eigenvalue weighted by molar-refractivity contribution is 9.10. The zero-order valence-electron chi connectivity index (χ0n) is 18.9. The van der Waals surface area contributed by atoms with E-state index in [4.69, 9.17) is 20.9 Å². The van der Waals surface area contributed by atoms with Crippen molar-refractivity contribution in [3.8, 4) is 11.5 Å². The second-order valence-electron chi connectivity index (χ2n) is 8.25. The molecule has 0 spiro atoms. The third-order valence-electron chi connectivity index (χ3n) is 5.97. The summed E-state index contributed by atoms with van der Waals surface area (Å²) >= 11 is 3.36. The summed E-state index contributed by atoms with van der Waals surface area (Å²) in [5, 5.41) is 7.99. The van der Waals surface area contributed by atoms with E-state index in [0.717, 1.165) is 21.6 Å². The number of fused-ring (bicyclic) bond motifs is 6. The van der Waals surface area contributed by atoms with E-state index in [1.54, 1.807) is 30.3 Å². The molecule has 2 amide bonds. The van der Waals surface area contributed by atoms with Crippen molar-refractivity contribution in [3.05, 3.63) is 34.8 Å². The number of hydrazone groups is 2. The lowest BCUT2D eigenvalue weighted by Gasteiger charge is -2.38. The van der Waals surface area contributed by atoms with Crippen molar-refractivity contribution in [2.75, 3.05) is 34.5 Å². The third kappa shape index (κ3) is 3.97. The zero-order valence-corrected chi connectivity index (χ0v) is 20.5. The second kappa shape index (κ2) is 8.65. The van der Waals surface area contributed by atoms with Crippen molar-refractivity contribution in [2.24, 2.45) is 10.2 Å². The molecule has 13 heteroatoms. The number of halogens is 1. The highest BCUT2D eigenvalue weighted by atomic mass is 79.9. The van der Waals surface area contributed by atoms with Gasteiger partial charge in [0.25, 0.3) is 11.8 Å². The number of nitrogens with one attached hydrogen (secondary N) is 2. The summed E-state index contributed by atoms with van der Waals surface area (Å²) < 4.78 is 11.9. The van der Waals surface area contributed by atoms with Crippen molar-refractivity contribution >= 4 is 62.2 Å². The first-order valence-corrected chi connectivity index (χ1v) is 11.6. The van der Waals surface area contributed by atoms with Gasteiger partial charge in [0.2, 0.25) is 0 Å². The van der Waals surface area contributed by atoms with Gasteiger partial charge in [0.15, 0.2) is 11.7 Å². The minimum atomic E-state index is -0.333. The molecule has 6 rings (SSSR count). The summed E-state index contributed by atoms with van der Waals surface area (Å²) in [5.41, 5.74) is 19.4. The van der Waals surface area contributed by atoms with Gasteiger partial charge in [-0.15, -0.1) is 0 Å². The van der Waals surface area contributed by atoms with E-state index >= 15 is 0 Å². The summed E-state index contributed by atoms with van der Waals surface area (Å²) in [4.78, 5) is 27.0. The van der Waals surface area contributed by atoms with Gasteiger partial charge in [-0.3, -0.25) is 9.59 Å². The zero-order chi connectivity index (χ0) is 24.9. The number of anilines is 4. The lowest BCUT2D eigenvalue weighted by Crippen LogP contribution is -2.55. The number of amides is 2. The predicted octanol–water partition coefficient (Wildman–Crippen LogP) is 1.36. The van der Waals surface area contributed by atoms with Crippen LogP contribution in [-0.2, 0) is 9.59 Å². The third-order valence-corrected chi connectivity index (χ3v) is 6.66. The van der Waals surface area contributed by atoms with Crippen molar-refractivity contribution in [1.82, 2.24) is 10.9 Å². The standard InChI is InChI=1S/C11H11BrN4O2.C11H12N4O2/c1-5-11(17)15-14-10-4-18-9-2-6(12)7(13)3-8(9)16(5)10;1-6-11(16)14-13-10-5-17-9-3-2-7(12)4-8(9)15(6)10/h2-3,5H,4,13H2,1H3,(H,15,17);2-4,6H,5,12H2,1H3,(H,14,16).